The van der Waals surface area contributed by atoms with Crippen LogP contribution in [0.4, 0.5) is 5.69 Å². The van der Waals surface area contributed by atoms with Crippen molar-refractivity contribution in [2.24, 2.45) is 0 Å². The minimum atomic E-state index is -3.71. The minimum Gasteiger partial charge on any atom is -0.397 e. The van der Waals surface area contributed by atoms with E-state index in [1.54, 1.807) is 38.2 Å². The van der Waals surface area contributed by atoms with Gasteiger partial charge in [-0.2, -0.15) is 0 Å². The predicted octanol–water partition coefficient (Wildman–Crippen LogP) is 2.67. The lowest BCUT2D eigenvalue weighted by Crippen LogP contribution is -2.28. The number of hydrogen-bond acceptors (Lipinski definition) is 4. The molecule has 0 saturated carbocycles. The fraction of sp³-hybridized carbons (Fsp3) is 0.214. The molecule has 7 heteroatoms. The molecule has 0 spiro atoms. The first-order valence-corrected chi connectivity index (χ1v) is 8.16. The molecule has 1 atom stereocenters. The standard InChI is InChI=1S/C14H16ClN3O2S/c1-9-7-11(15)12(16)8-14(9)21(19,20)18-10(2)13-5-3-4-6-17-13/h3-8,10,18H,16H2,1-2H3. The number of sulfonamides is 1. The van der Waals surface area contributed by atoms with Gasteiger partial charge in [0.05, 0.1) is 27.3 Å². The molecule has 0 saturated heterocycles. The zero-order valence-electron chi connectivity index (χ0n) is 11.7. The Morgan fingerprint density at radius 2 is 2.05 bits per heavy atom. The van der Waals surface area contributed by atoms with Crippen molar-refractivity contribution in [2.45, 2.75) is 24.8 Å². The molecule has 0 aliphatic rings. The Hall–Kier alpha value is -1.63. The third-order valence-corrected chi connectivity index (χ3v) is 5.06. The highest BCUT2D eigenvalue weighted by atomic mass is 35.5. The Bertz CT molecular complexity index is 748. The number of anilines is 1. The summed E-state index contributed by atoms with van der Waals surface area (Å²) in [5.74, 6) is 0. The van der Waals surface area contributed by atoms with Crippen molar-refractivity contribution in [3.05, 3.63) is 52.8 Å². The molecule has 1 aromatic carbocycles. The van der Waals surface area contributed by atoms with Crippen LogP contribution < -0.4 is 10.5 Å². The van der Waals surface area contributed by atoms with E-state index in [1.807, 2.05) is 0 Å². The number of nitrogens with zero attached hydrogens (tertiary/aromatic N) is 1. The van der Waals surface area contributed by atoms with Gasteiger partial charge in [-0.1, -0.05) is 17.7 Å². The molecule has 1 heterocycles. The van der Waals surface area contributed by atoms with Gasteiger partial charge in [0.25, 0.3) is 0 Å². The van der Waals surface area contributed by atoms with Gasteiger partial charge in [0, 0.05) is 6.20 Å². The highest BCUT2D eigenvalue weighted by Gasteiger charge is 2.22. The number of nitrogens with two attached hydrogens (primary N) is 1. The first kappa shape index (κ1) is 15.8. The quantitative estimate of drug-likeness (QED) is 0.846. The van der Waals surface area contributed by atoms with E-state index in [2.05, 4.69) is 9.71 Å². The molecule has 2 rings (SSSR count). The van der Waals surface area contributed by atoms with Gasteiger partial charge in [0.1, 0.15) is 0 Å². The summed E-state index contributed by atoms with van der Waals surface area (Å²) in [4.78, 5) is 4.26. The van der Waals surface area contributed by atoms with Gasteiger partial charge in [-0.3, -0.25) is 4.98 Å². The van der Waals surface area contributed by atoms with Crippen LogP contribution in [0.3, 0.4) is 0 Å². The van der Waals surface area contributed by atoms with E-state index in [0.717, 1.165) is 0 Å². The van der Waals surface area contributed by atoms with E-state index in [1.165, 1.54) is 12.1 Å². The second-order valence-corrected chi connectivity index (χ2v) is 6.83. The van der Waals surface area contributed by atoms with Crippen LogP contribution >= 0.6 is 11.6 Å². The van der Waals surface area contributed by atoms with E-state index < -0.39 is 16.1 Å². The van der Waals surface area contributed by atoms with Gasteiger partial charge in [-0.05, 0) is 43.7 Å². The summed E-state index contributed by atoms with van der Waals surface area (Å²) in [5.41, 5.74) is 7.10. The molecule has 0 aliphatic heterocycles. The van der Waals surface area contributed by atoms with Crippen molar-refractivity contribution in [1.29, 1.82) is 0 Å². The van der Waals surface area contributed by atoms with Crippen LogP contribution in [-0.4, -0.2) is 13.4 Å². The molecule has 3 N–H and O–H groups in total. The number of nitrogen functional groups attached to an aromatic ring is 1. The summed E-state index contributed by atoms with van der Waals surface area (Å²) in [6, 6.07) is 7.79. The lowest BCUT2D eigenvalue weighted by atomic mass is 10.2. The van der Waals surface area contributed by atoms with Gasteiger partial charge in [0.15, 0.2) is 0 Å². The average molecular weight is 326 g/mol. The van der Waals surface area contributed by atoms with Gasteiger partial charge >= 0.3 is 0 Å². The SMILES string of the molecule is Cc1cc(Cl)c(N)cc1S(=O)(=O)NC(C)c1ccccn1. The first-order chi connectivity index (χ1) is 9.81. The number of hydrogen-bond donors (Lipinski definition) is 2. The normalized spacial score (nSPS) is 13.1. The number of benzene rings is 1. The number of aryl methyl sites for hydroxylation is 1. The van der Waals surface area contributed by atoms with Gasteiger partial charge in [0.2, 0.25) is 10.0 Å². The monoisotopic (exact) mass is 325 g/mol. The van der Waals surface area contributed by atoms with E-state index in [0.29, 0.717) is 16.3 Å². The molecule has 0 radical (unpaired) electrons. The second kappa shape index (κ2) is 6.01. The van der Waals surface area contributed by atoms with Crippen molar-refractivity contribution < 1.29 is 8.42 Å². The van der Waals surface area contributed by atoms with Crippen LogP contribution in [0.2, 0.25) is 5.02 Å². The highest BCUT2D eigenvalue weighted by molar-refractivity contribution is 7.89. The summed E-state index contributed by atoms with van der Waals surface area (Å²) in [6.45, 7) is 3.40. The fourth-order valence-corrected chi connectivity index (χ4v) is 3.64. The third kappa shape index (κ3) is 3.53. The topological polar surface area (TPSA) is 85.1 Å². The van der Waals surface area contributed by atoms with Crippen molar-refractivity contribution in [3.63, 3.8) is 0 Å². The molecule has 0 fully saturated rings. The molecular formula is C14H16ClN3O2S. The number of rotatable bonds is 4. The van der Waals surface area contributed by atoms with Crippen LogP contribution in [0.5, 0.6) is 0 Å². The molecule has 2 aromatic rings. The number of aromatic nitrogens is 1. The second-order valence-electron chi connectivity index (χ2n) is 4.74. The Morgan fingerprint density at radius 3 is 2.67 bits per heavy atom. The summed E-state index contributed by atoms with van der Waals surface area (Å²) in [6.07, 6.45) is 1.62. The maximum atomic E-state index is 12.5. The summed E-state index contributed by atoms with van der Waals surface area (Å²) < 4.78 is 27.5. The molecule has 0 amide bonds. The molecule has 1 aromatic heterocycles. The minimum absolute atomic E-state index is 0.118. The maximum absolute atomic E-state index is 12.5. The van der Waals surface area contributed by atoms with E-state index in [9.17, 15) is 8.42 Å². The number of pyridine rings is 1. The average Bonchev–Trinajstić information content (AvgIpc) is 2.43. The molecule has 112 valence electrons. The Balaban J connectivity index is 2.33. The van der Waals surface area contributed by atoms with E-state index >= 15 is 0 Å². The largest absolute Gasteiger partial charge is 0.397 e. The molecular weight excluding hydrogens is 310 g/mol. The Labute approximate surface area is 129 Å². The zero-order chi connectivity index (χ0) is 15.6. The van der Waals surface area contributed by atoms with Crippen molar-refractivity contribution in [3.8, 4) is 0 Å². The van der Waals surface area contributed by atoms with Crippen LogP contribution in [0.25, 0.3) is 0 Å². The third-order valence-electron chi connectivity index (χ3n) is 3.05. The van der Waals surface area contributed by atoms with Crippen molar-refractivity contribution in [1.82, 2.24) is 9.71 Å². The summed E-state index contributed by atoms with van der Waals surface area (Å²) in [7, 11) is -3.71. The Morgan fingerprint density at radius 1 is 1.33 bits per heavy atom. The maximum Gasteiger partial charge on any atom is 0.241 e. The predicted molar refractivity (Wildman–Crippen MR) is 83.6 cm³/mol. The lowest BCUT2D eigenvalue weighted by Gasteiger charge is -2.15. The van der Waals surface area contributed by atoms with Crippen LogP contribution in [0, 0.1) is 6.92 Å². The molecule has 5 nitrogen and oxygen atoms in total. The van der Waals surface area contributed by atoms with Crippen LogP contribution in [-0.2, 0) is 10.0 Å². The number of halogens is 1. The fourth-order valence-electron chi connectivity index (χ4n) is 1.95. The van der Waals surface area contributed by atoms with Gasteiger partial charge in [-0.15, -0.1) is 0 Å². The summed E-state index contributed by atoms with van der Waals surface area (Å²) >= 11 is 5.89. The molecule has 0 aliphatic carbocycles. The molecule has 1 unspecified atom stereocenters. The van der Waals surface area contributed by atoms with Crippen molar-refractivity contribution in [2.75, 3.05) is 5.73 Å². The van der Waals surface area contributed by atoms with Crippen LogP contribution in [0.15, 0.2) is 41.4 Å². The molecule has 0 bridgehead atoms. The smallest absolute Gasteiger partial charge is 0.241 e. The summed E-state index contributed by atoms with van der Waals surface area (Å²) in [5, 5.41) is 0.337. The van der Waals surface area contributed by atoms with Gasteiger partial charge < -0.3 is 5.73 Å². The molecule has 21 heavy (non-hydrogen) atoms. The zero-order valence-corrected chi connectivity index (χ0v) is 13.2. The van der Waals surface area contributed by atoms with E-state index in [-0.39, 0.29) is 10.6 Å². The first-order valence-electron chi connectivity index (χ1n) is 6.30. The van der Waals surface area contributed by atoms with Crippen LogP contribution in [0.1, 0.15) is 24.2 Å². The number of nitrogens with one attached hydrogen (secondary N) is 1. The highest BCUT2D eigenvalue weighted by Crippen LogP contribution is 2.27. The Kier molecular flexibility index (Phi) is 4.51. The lowest BCUT2D eigenvalue weighted by molar-refractivity contribution is 0.563. The van der Waals surface area contributed by atoms with Crippen molar-refractivity contribution >= 4 is 27.3 Å². The van der Waals surface area contributed by atoms with Gasteiger partial charge in [-0.25, -0.2) is 13.1 Å². The van der Waals surface area contributed by atoms with E-state index in [4.69, 9.17) is 17.3 Å².